The number of anilines is 1. The molecule has 1 unspecified atom stereocenters. The van der Waals surface area contributed by atoms with E-state index in [0.717, 1.165) is 60.1 Å². The van der Waals surface area contributed by atoms with E-state index in [1.54, 1.807) is 15.9 Å². The molecule has 3 N–H and O–H groups in total. The fourth-order valence-corrected chi connectivity index (χ4v) is 7.18. The van der Waals surface area contributed by atoms with Crippen LogP contribution in [0.2, 0.25) is 0 Å². The molecule has 2 saturated heterocycles. The molecule has 9 heteroatoms. The molecular formula is C37H45N5O4. The lowest BCUT2D eigenvalue weighted by atomic mass is 9.94. The summed E-state index contributed by atoms with van der Waals surface area (Å²) in [6.45, 7) is 6.41. The molecule has 0 saturated carbocycles. The van der Waals surface area contributed by atoms with E-state index in [1.807, 2.05) is 45.0 Å². The number of hydrogen-bond donors (Lipinski definition) is 2. The molecule has 3 aliphatic rings. The van der Waals surface area contributed by atoms with Gasteiger partial charge in [0.05, 0.1) is 6.04 Å². The lowest BCUT2D eigenvalue weighted by Crippen LogP contribution is -2.57. The fraction of sp³-hybridized carbons (Fsp3) is 0.459. The molecule has 242 valence electrons. The van der Waals surface area contributed by atoms with Crippen LogP contribution in [-0.2, 0) is 27.2 Å². The van der Waals surface area contributed by atoms with E-state index >= 15 is 0 Å². The summed E-state index contributed by atoms with van der Waals surface area (Å²) in [6.07, 6.45) is 4.55. The van der Waals surface area contributed by atoms with E-state index in [0.29, 0.717) is 31.7 Å². The van der Waals surface area contributed by atoms with Gasteiger partial charge in [-0.2, -0.15) is 0 Å². The summed E-state index contributed by atoms with van der Waals surface area (Å²) in [4.78, 5) is 49.3. The quantitative estimate of drug-likeness (QED) is 0.365. The normalized spacial score (nSPS) is 22.8. The van der Waals surface area contributed by atoms with E-state index < -0.39 is 23.8 Å². The maximum Gasteiger partial charge on any atom is 0.410 e. The van der Waals surface area contributed by atoms with Gasteiger partial charge in [-0.15, -0.1) is 0 Å². The van der Waals surface area contributed by atoms with Crippen LogP contribution in [0.15, 0.2) is 66.7 Å². The Hall–Kier alpha value is -4.40. The first-order valence-electron chi connectivity index (χ1n) is 16.6. The summed E-state index contributed by atoms with van der Waals surface area (Å²) in [5, 5.41) is 3.20. The van der Waals surface area contributed by atoms with Crippen molar-refractivity contribution in [2.75, 3.05) is 18.8 Å². The number of piperidine rings is 1. The van der Waals surface area contributed by atoms with Gasteiger partial charge in [-0.1, -0.05) is 60.7 Å². The summed E-state index contributed by atoms with van der Waals surface area (Å²) >= 11 is 0. The Labute approximate surface area is 271 Å². The topological polar surface area (TPSA) is 118 Å². The van der Waals surface area contributed by atoms with Crippen LogP contribution in [0.4, 0.5) is 10.6 Å². The summed E-state index contributed by atoms with van der Waals surface area (Å²) < 4.78 is 5.78. The Morgan fingerprint density at radius 2 is 1.65 bits per heavy atom. The molecule has 2 fully saturated rings. The van der Waals surface area contributed by atoms with Crippen LogP contribution in [0.25, 0.3) is 11.1 Å². The predicted molar refractivity (Wildman–Crippen MR) is 178 cm³/mol. The van der Waals surface area contributed by atoms with Crippen LogP contribution in [-0.4, -0.2) is 63.5 Å². The van der Waals surface area contributed by atoms with Crippen molar-refractivity contribution in [2.45, 2.75) is 89.4 Å². The number of carbonyl (C=O) groups is 3. The molecule has 3 amide bonds. The number of amides is 3. The highest BCUT2D eigenvalue weighted by molar-refractivity contribution is 5.92. The second kappa shape index (κ2) is 13.1. The number of nitrogens with two attached hydrogens (primary N) is 1. The average molecular weight is 624 g/mol. The van der Waals surface area contributed by atoms with Crippen LogP contribution < -0.4 is 11.1 Å². The molecule has 0 bridgehead atoms. The molecule has 2 aromatic carbocycles. The number of hydrogen-bond acceptors (Lipinski definition) is 6. The maximum atomic E-state index is 14.3. The Morgan fingerprint density at radius 3 is 2.39 bits per heavy atom. The zero-order chi connectivity index (χ0) is 32.4. The number of carbonyl (C=O) groups excluding carboxylic acids is 3. The van der Waals surface area contributed by atoms with Crippen molar-refractivity contribution in [3.05, 3.63) is 83.6 Å². The van der Waals surface area contributed by atoms with Crippen molar-refractivity contribution < 1.29 is 19.1 Å². The molecule has 4 atom stereocenters. The van der Waals surface area contributed by atoms with Crippen molar-refractivity contribution in [3.63, 3.8) is 0 Å². The van der Waals surface area contributed by atoms with Gasteiger partial charge in [0.1, 0.15) is 23.5 Å². The first kappa shape index (κ1) is 31.6. The summed E-state index contributed by atoms with van der Waals surface area (Å²) in [5.74, 6) is 0.230. The minimum atomic E-state index is -0.694. The number of ether oxygens (including phenoxy) is 1. The first-order chi connectivity index (χ1) is 22.1. The van der Waals surface area contributed by atoms with Crippen molar-refractivity contribution in [3.8, 4) is 11.1 Å². The SMILES string of the molecule is CC(C)(C)OC(=O)N1C[C@@H](Cc2ccc(-c3ccccc3)cc2)C[C@@H]1C(=O)N1CCCC[C@H]1C(=O)NC1CCc2nc(N)ccc21. The largest absolute Gasteiger partial charge is 0.444 e. The minimum absolute atomic E-state index is 0.0797. The summed E-state index contributed by atoms with van der Waals surface area (Å²) in [6, 6.07) is 21.0. The first-order valence-corrected chi connectivity index (χ1v) is 16.6. The highest BCUT2D eigenvalue weighted by Crippen LogP contribution is 2.34. The number of nitrogens with one attached hydrogen (secondary N) is 1. The van der Waals surface area contributed by atoms with Crippen molar-refractivity contribution in [1.29, 1.82) is 0 Å². The van der Waals surface area contributed by atoms with E-state index in [9.17, 15) is 14.4 Å². The fourth-order valence-electron chi connectivity index (χ4n) is 7.18. The van der Waals surface area contributed by atoms with E-state index in [-0.39, 0.29) is 23.8 Å². The van der Waals surface area contributed by atoms with Crippen LogP contribution in [0.3, 0.4) is 0 Å². The van der Waals surface area contributed by atoms with Crippen LogP contribution >= 0.6 is 0 Å². The van der Waals surface area contributed by atoms with Crippen LogP contribution in [0.5, 0.6) is 0 Å². The zero-order valence-corrected chi connectivity index (χ0v) is 27.1. The van der Waals surface area contributed by atoms with Gasteiger partial charge in [-0.25, -0.2) is 9.78 Å². The Kier molecular flexibility index (Phi) is 9.02. The van der Waals surface area contributed by atoms with Crippen molar-refractivity contribution in [2.24, 2.45) is 5.92 Å². The molecule has 1 aliphatic carbocycles. The number of aryl methyl sites for hydroxylation is 1. The molecule has 9 nitrogen and oxygen atoms in total. The summed E-state index contributed by atoms with van der Waals surface area (Å²) in [5.41, 5.74) is 10.6. The summed E-state index contributed by atoms with van der Waals surface area (Å²) in [7, 11) is 0. The van der Waals surface area contributed by atoms with Gasteiger partial charge in [0.2, 0.25) is 11.8 Å². The van der Waals surface area contributed by atoms with Gasteiger partial charge in [-0.3, -0.25) is 14.5 Å². The highest BCUT2D eigenvalue weighted by Gasteiger charge is 2.45. The molecule has 0 spiro atoms. The number of rotatable bonds is 6. The van der Waals surface area contributed by atoms with E-state index in [2.05, 4.69) is 46.7 Å². The molecule has 3 aromatic rings. The molecule has 2 aliphatic heterocycles. The van der Waals surface area contributed by atoms with Crippen molar-refractivity contribution >= 4 is 23.7 Å². The Balaban J connectivity index is 1.18. The number of aromatic nitrogens is 1. The monoisotopic (exact) mass is 623 g/mol. The molecule has 1 aromatic heterocycles. The smallest absolute Gasteiger partial charge is 0.410 e. The molecule has 46 heavy (non-hydrogen) atoms. The average Bonchev–Trinajstić information content (AvgIpc) is 3.64. The Morgan fingerprint density at radius 1 is 0.913 bits per heavy atom. The third-order valence-corrected chi connectivity index (χ3v) is 9.37. The van der Waals surface area contributed by atoms with Gasteiger partial charge in [0.15, 0.2) is 0 Å². The number of benzene rings is 2. The lowest BCUT2D eigenvalue weighted by Gasteiger charge is -2.38. The number of nitrogens with zero attached hydrogens (tertiary/aromatic N) is 3. The third-order valence-electron chi connectivity index (χ3n) is 9.37. The lowest BCUT2D eigenvalue weighted by molar-refractivity contribution is -0.146. The van der Waals surface area contributed by atoms with E-state index in [1.165, 1.54) is 0 Å². The van der Waals surface area contributed by atoms with Gasteiger partial charge < -0.3 is 20.7 Å². The third kappa shape index (κ3) is 7.03. The van der Waals surface area contributed by atoms with Gasteiger partial charge in [0.25, 0.3) is 0 Å². The van der Waals surface area contributed by atoms with Crippen molar-refractivity contribution in [1.82, 2.24) is 20.1 Å². The van der Waals surface area contributed by atoms with Gasteiger partial charge >= 0.3 is 6.09 Å². The Bertz CT molecular complexity index is 1570. The number of nitrogen functional groups attached to an aromatic ring is 1. The molecular weight excluding hydrogens is 578 g/mol. The number of fused-ring (bicyclic) bond motifs is 1. The second-order valence-electron chi connectivity index (χ2n) is 13.9. The second-order valence-corrected chi connectivity index (χ2v) is 13.9. The number of likely N-dealkylation sites (tertiary alicyclic amines) is 2. The molecule has 3 heterocycles. The highest BCUT2D eigenvalue weighted by atomic mass is 16.6. The zero-order valence-electron chi connectivity index (χ0n) is 27.1. The standard InChI is InChI=1S/C37H45N5O4/c1-37(2,3)46-36(45)42-23-25(21-24-12-14-27(15-13-24)26-9-5-4-6-10-26)22-32(42)35(44)41-20-8-7-11-31(41)34(43)40-30-18-17-29-28(30)16-19-33(38)39-29/h4-6,9-10,12-16,19,25,30-32H,7-8,11,17-18,20-23H2,1-3H3,(H2,38,39)(H,40,43)/t25-,30?,31-,32+/m0/s1. The molecule has 6 rings (SSSR count). The van der Waals surface area contributed by atoms with Crippen LogP contribution in [0.1, 0.15) is 75.7 Å². The minimum Gasteiger partial charge on any atom is -0.444 e. The number of pyridine rings is 1. The predicted octanol–water partition coefficient (Wildman–Crippen LogP) is 5.68. The molecule has 0 radical (unpaired) electrons. The maximum absolute atomic E-state index is 14.3. The van der Waals surface area contributed by atoms with Gasteiger partial charge in [0, 0.05) is 18.8 Å². The van der Waals surface area contributed by atoms with Crippen LogP contribution in [0, 0.1) is 5.92 Å². The van der Waals surface area contributed by atoms with Gasteiger partial charge in [-0.05, 0) is 100.0 Å². The van der Waals surface area contributed by atoms with E-state index in [4.69, 9.17) is 10.5 Å².